The molecule has 0 aliphatic rings. The average Bonchev–Trinajstić information content (AvgIpc) is 2.14. The predicted octanol–water partition coefficient (Wildman–Crippen LogP) is 4.08. The van der Waals surface area contributed by atoms with Gasteiger partial charge in [-0.25, -0.2) is 0 Å². The van der Waals surface area contributed by atoms with Gasteiger partial charge in [0, 0.05) is 4.47 Å². The van der Waals surface area contributed by atoms with Gasteiger partial charge in [0.25, 0.3) is 0 Å². The summed E-state index contributed by atoms with van der Waals surface area (Å²) in [5.41, 5.74) is 1.72. The summed E-state index contributed by atoms with van der Waals surface area (Å²) in [6.45, 7) is 6.10. The molecular weight excluding hydrogens is 252 g/mol. The molecule has 0 unspecified atom stereocenters. The Morgan fingerprint density at radius 1 is 1.27 bits per heavy atom. The lowest BCUT2D eigenvalue weighted by Crippen LogP contribution is -2.10. The molecule has 0 aromatic heterocycles. The molecular formula is C13H15BrO. The van der Waals surface area contributed by atoms with Crippen LogP contribution in [0.1, 0.15) is 26.3 Å². The standard InChI is InChI=1S/C13H15BrO/c1-13(2,3)11(9-15)8-10-6-4-5-7-12(10)14/h4-9H,1-3H3/b11-8+. The Bertz CT molecular complexity index is 386. The fraction of sp³-hybridized carbons (Fsp3) is 0.308. The number of carbonyl (C=O) groups excluding carboxylic acids is 1. The van der Waals surface area contributed by atoms with Crippen LogP contribution in [0.5, 0.6) is 0 Å². The second kappa shape index (κ2) is 4.75. The summed E-state index contributed by atoms with van der Waals surface area (Å²) in [7, 11) is 0. The van der Waals surface area contributed by atoms with Crippen molar-refractivity contribution in [1.29, 1.82) is 0 Å². The molecule has 15 heavy (non-hydrogen) atoms. The Balaban J connectivity index is 3.15. The van der Waals surface area contributed by atoms with E-state index in [1.165, 1.54) is 0 Å². The third-order valence-corrected chi connectivity index (χ3v) is 2.93. The molecule has 80 valence electrons. The van der Waals surface area contributed by atoms with E-state index < -0.39 is 0 Å². The first-order valence-corrected chi connectivity index (χ1v) is 5.66. The van der Waals surface area contributed by atoms with Gasteiger partial charge < -0.3 is 0 Å². The van der Waals surface area contributed by atoms with Gasteiger partial charge in [-0.3, -0.25) is 4.79 Å². The minimum absolute atomic E-state index is 0.114. The van der Waals surface area contributed by atoms with Gasteiger partial charge in [0.05, 0.1) is 0 Å². The number of hydrogen-bond donors (Lipinski definition) is 0. The molecule has 1 aromatic carbocycles. The normalized spacial score (nSPS) is 12.7. The molecule has 0 heterocycles. The lowest BCUT2D eigenvalue weighted by molar-refractivity contribution is -0.105. The number of rotatable bonds is 2. The molecule has 1 rings (SSSR count). The Labute approximate surface area is 99.3 Å². The number of carbonyl (C=O) groups is 1. The van der Waals surface area contributed by atoms with Gasteiger partial charge in [-0.1, -0.05) is 54.9 Å². The molecule has 0 atom stereocenters. The highest BCUT2D eigenvalue weighted by Crippen LogP contribution is 2.27. The van der Waals surface area contributed by atoms with Gasteiger partial charge >= 0.3 is 0 Å². The van der Waals surface area contributed by atoms with Crippen LogP contribution in [0.25, 0.3) is 6.08 Å². The van der Waals surface area contributed by atoms with Crippen molar-refractivity contribution in [1.82, 2.24) is 0 Å². The zero-order chi connectivity index (χ0) is 11.5. The maximum absolute atomic E-state index is 11.0. The third kappa shape index (κ3) is 3.31. The first kappa shape index (κ1) is 12.2. The summed E-state index contributed by atoms with van der Waals surface area (Å²) in [6.07, 6.45) is 2.86. The van der Waals surface area contributed by atoms with Crippen LogP contribution < -0.4 is 0 Å². The smallest absolute Gasteiger partial charge is 0.146 e. The van der Waals surface area contributed by atoms with Crippen molar-refractivity contribution in [3.63, 3.8) is 0 Å². The van der Waals surface area contributed by atoms with E-state index in [9.17, 15) is 4.79 Å². The van der Waals surface area contributed by atoms with Crippen LogP contribution >= 0.6 is 15.9 Å². The fourth-order valence-electron chi connectivity index (χ4n) is 1.19. The Morgan fingerprint density at radius 2 is 1.87 bits per heavy atom. The topological polar surface area (TPSA) is 17.1 Å². The van der Waals surface area contributed by atoms with Crippen LogP contribution in [-0.4, -0.2) is 6.29 Å². The van der Waals surface area contributed by atoms with Crippen molar-refractivity contribution >= 4 is 28.3 Å². The van der Waals surface area contributed by atoms with Crippen molar-refractivity contribution in [2.24, 2.45) is 5.41 Å². The van der Waals surface area contributed by atoms with Crippen LogP contribution in [0.3, 0.4) is 0 Å². The van der Waals surface area contributed by atoms with Crippen LogP contribution in [0, 0.1) is 5.41 Å². The zero-order valence-electron chi connectivity index (χ0n) is 9.25. The highest BCUT2D eigenvalue weighted by Gasteiger charge is 2.16. The lowest BCUT2D eigenvalue weighted by Gasteiger charge is -2.18. The van der Waals surface area contributed by atoms with Crippen molar-refractivity contribution in [3.05, 3.63) is 39.9 Å². The quantitative estimate of drug-likeness (QED) is 0.583. The van der Waals surface area contributed by atoms with Crippen LogP contribution in [0.2, 0.25) is 0 Å². The second-order valence-corrected chi connectivity index (χ2v) is 5.34. The van der Waals surface area contributed by atoms with Gasteiger partial charge in [-0.15, -0.1) is 0 Å². The molecule has 0 amide bonds. The Kier molecular flexibility index (Phi) is 3.86. The Morgan fingerprint density at radius 3 is 2.33 bits per heavy atom. The largest absolute Gasteiger partial charge is 0.298 e. The minimum Gasteiger partial charge on any atom is -0.298 e. The highest BCUT2D eigenvalue weighted by atomic mass is 79.9. The molecule has 0 spiro atoms. The second-order valence-electron chi connectivity index (χ2n) is 4.49. The number of hydrogen-bond acceptors (Lipinski definition) is 1. The summed E-state index contributed by atoms with van der Waals surface area (Å²) >= 11 is 3.46. The van der Waals surface area contributed by atoms with Gasteiger partial charge in [0.1, 0.15) is 6.29 Å². The van der Waals surface area contributed by atoms with E-state index in [0.717, 1.165) is 21.9 Å². The molecule has 0 saturated carbocycles. The van der Waals surface area contributed by atoms with E-state index in [1.54, 1.807) is 0 Å². The fourth-order valence-corrected chi connectivity index (χ4v) is 1.59. The lowest BCUT2D eigenvalue weighted by atomic mass is 9.86. The minimum atomic E-state index is -0.114. The van der Waals surface area contributed by atoms with Crippen LogP contribution in [-0.2, 0) is 4.79 Å². The maximum atomic E-state index is 11.0. The summed E-state index contributed by atoms with van der Waals surface area (Å²) in [4.78, 5) is 11.0. The third-order valence-electron chi connectivity index (χ3n) is 2.21. The SMILES string of the molecule is CC(C)(C)/C(C=O)=C/c1ccccc1Br. The van der Waals surface area contributed by atoms with E-state index in [1.807, 2.05) is 51.1 Å². The number of benzene rings is 1. The number of halogens is 1. The van der Waals surface area contributed by atoms with Crippen molar-refractivity contribution in [2.75, 3.05) is 0 Å². The predicted molar refractivity (Wildman–Crippen MR) is 67.6 cm³/mol. The number of allylic oxidation sites excluding steroid dienone is 1. The summed E-state index contributed by atoms with van der Waals surface area (Å²) < 4.78 is 1.01. The average molecular weight is 267 g/mol. The van der Waals surface area contributed by atoms with Gasteiger partial charge in [0.2, 0.25) is 0 Å². The van der Waals surface area contributed by atoms with E-state index in [-0.39, 0.29) is 5.41 Å². The van der Waals surface area contributed by atoms with E-state index in [4.69, 9.17) is 0 Å². The summed E-state index contributed by atoms with van der Waals surface area (Å²) in [5.74, 6) is 0. The van der Waals surface area contributed by atoms with Crippen LogP contribution in [0.4, 0.5) is 0 Å². The monoisotopic (exact) mass is 266 g/mol. The molecule has 0 aliphatic carbocycles. The van der Waals surface area contributed by atoms with Gasteiger partial charge in [0.15, 0.2) is 0 Å². The molecule has 2 heteroatoms. The van der Waals surface area contributed by atoms with Gasteiger partial charge in [-0.2, -0.15) is 0 Å². The first-order chi connectivity index (χ1) is 6.95. The van der Waals surface area contributed by atoms with E-state index in [0.29, 0.717) is 0 Å². The van der Waals surface area contributed by atoms with E-state index >= 15 is 0 Å². The van der Waals surface area contributed by atoms with E-state index in [2.05, 4.69) is 15.9 Å². The molecule has 0 aliphatic heterocycles. The maximum Gasteiger partial charge on any atom is 0.146 e. The molecule has 0 bridgehead atoms. The highest BCUT2D eigenvalue weighted by molar-refractivity contribution is 9.10. The summed E-state index contributed by atoms with van der Waals surface area (Å²) in [6, 6.07) is 7.87. The molecule has 0 N–H and O–H groups in total. The molecule has 0 radical (unpaired) electrons. The molecule has 1 aromatic rings. The van der Waals surface area contributed by atoms with Gasteiger partial charge in [-0.05, 0) is 28.7 Å². The van der Waals surface area contributed by atoms with Crippen molar-refractivity contribution < 1.29 is 4.79 Å². The molecule has 1 nitrogen and oxygen atoms in total. The number of aldehydes is 1. The summed E-state index contributed by atoms with van der Waals surface area (Å²) in [5, 5.41) is 0. The van der Waals surface area contributed by atoms with Crippen molar-refractivity contribution in [3.8, 4) is 0 Å². The van der Waals surface area contributed by atoms with Crippen LogP contribution in [0.15, 0.2) is 34.3 Å². The zero-order valence-corrected chi connectivity index (χ0v) is 10.8. The Hall–Kier alpha value is -0.890. The first-order valence-electron chi connectivity index (χ1n) is 4.87. The molecule has 0 saturated heterocycles. The molecule has 0 fully saturated rings. The van der Waals surface area contributed by atoms with Crippen molar-refractivity contribution in [2.45, 2.75) is 20.8 Å².